The Kier molecular flexibility index (Phi) is 2.68. The van der Waals surface area contributed by atoms with Crippen molar-refractivity contribution in [3.8, 4) is 5.69 Å². The molecule has 0 saturated carbocycles. The quantitative estimate of drug-likeness (QED) is 0.747. The molecule has 7 heteroatoms. The Morgan fingerprint density at radius 1 is 1.33 bits per heavy atom. The van der Waals surface area contributed by atoms with E-state index in [1.54, 1.807) is 23.3 Å². The third-order valence-electron chi connectivity index (χ3n) is 2.47. The molecule has 0 unspecified atom stereocenters. The van der Waals surface area contributed by atoms with Gasteiger partial charge in [-0.1, -0.05) is 11.6 Å². The Hall–Kier alpha value is -1.66. The van der Waals surface area contributed by atoms with Crippen molar-refractivity contribution in [1.29, 1.82) is 0 Å². The van der Waals surface area contributed by atoms with Crippen LogP contribution in [-0.2, 0) is 0 Å². The molecule has 3 aromatic heterocycles. The Balaban J connectivity index is 2.29. The highest BCUT2D eigenvalue weighted by atomic mass is 79.9. The number of aromatic nitrogens is 4. The van der Waals surface area contributed by atoms with Crippen LogP contribution in [-0.4, -0.2) is 19.7 Å². The lowest BCUT2D eigenvalue weighted by atomic mass is 10.3. The first-order chi connectivity index (χ1) is 8.65. The molecule has 18 heavy (non-hydrogen) atoms. The summed E-state index contributed by atoms with van der Waals surface area (Å²) in [5.41, 5.74) is 7.93. The number of hydrogen-bond donors (Lipinski definition) is 1. The number of nitrogens with two attached hydrogens (primary N) is 1. The van der Waals surface area contributed by atoms with Gasteiger partial charge < -0.3 is 5.73 Å². The van der Waals surface area contributed by atoms with E-state index in [-0.39, 0.29) is 0 Å². The average molecular weight is 325 g/mol. The fourth-order valence-electron chi connectivity index (χ4n) is 1.67. The number of anilines is 1. The summed E-state index contributed by atoms with van der Waals surface area (Å²) in [5, 5.41) is 4.55. The van der Waals surface area contributed by atoms with E-state index in [1.807, 2.05) is 12.1 Å². The normalized spacial score (nSPS) is 11.0. The van der Waals surface area contributed by atoms with Crippen LogP contribution in [0.3, 0.4) is 0 Å². The predicted octanol–water partition coefficient (Wildman–Crippen LogP) is 2.81. The van der Waals surface area contributed by atoms with Crippen molar-refractivity contribution in [1.82, 2.24) is 19.7 Å². The molecule has 0 amide bonds. The fourth-order valence-corrected chi connectivity index (χ4v) is 2.12. The van der Waals surface area contributed by atoms with Gasteiger partial charge in [-0.3, -0.25) is 9.97 Å². The van der Waals surface area contributed by atoms with Crippen molar-refractivity contribution in [2.45, 2.75) is 0 Å². The number of rotatable bonds is 1. The molecule has 2 N–H and O–H groups in total. The van der Waals surface area contributed by atoms with Crippen molar-refractivity contribution < 1.29 is 0 Å². The van der Waals surface area contributed by atoms with Crippen LogP contribution in [0, 0.1) is 0 Å². The number of pyridine rings is 2. The molecule has 0 atom stereocenters. The fraction of sp³-hybridized carbons (Fsp3) is 0. The van der Waals surface area contributed by atoms with Gasteiger partial charge in [0.05, 0.1) is 17.4 Å². The Bertz CT molecular complexity index is 720. The SMILES string of the molecule is Nc1nn(-c2ccnc3cc(Br)cnc23)cc1Cl. The van der Waals surface area contributed by atoms with Gasteiger partial charge in [-0.2, -0.15) is 0 Å². The van der Waals surface area contributed by atoms with Crippen LogP contribution in [0.25, 0.3) is 16.7 Å². The first-order valence-corrected chi connectivity index (χ1v) is 6.23. The zero-order valence-electron chi connectivity index (χ0n) is 9.01. The topological polar surface area (TPSA) is 69.6 Å². The number of hydrogen-bond acceptors (Lipinski definition) is 4. The van der Waals surface area contributed by atoms with Gasteiger partial charge in [0.15, 0.2) is 5.82 Å². The zero-order valence-corrected chi connectivity index (χ0v) is 11.4. The maximum absolute atomic E-state index is 5.90. The summed E-state index contributed by atoms with van der Waals surface area (Å²) in [6, 6.07) is 3.70. The number of nitrogens with zero attached hydrogens (tertiary/aromatic N) is 4. The van der Waals surface area contributed by atoms with Gasteiger partial charge in [-0.15, -0.1) is 5.10 Å². The number of nitrogen functional groups attached to an aromatic ring is 1. The van der Waals surface area contributed by atoms with Crippen LogP contribution in [0.2, 0.25) is 5.02 Å². The van der Waals surface area contributed by atoms with Crippen LogP contribution in [0.15, 0.2) is 35.2 Å². The summed E-state index contributed by atoms with van der Waals surface area (Å²) in [5.74, 6) is 0.291. The Morgan fingerprint density at radius 2 is 2.17 bits per heavy atom. The van der Waals surface area contributed by atoms with Crippen molar-refractivity contribution in [3.63, 3.8) is 0 Å². The molecular formula is C11H7BrClN5. The van der Waals surface area contributed by atoms with E-state index in [2.05, 4.69) is 31.0 Å². The second-order valence-electron chi connectivity index (χ2n) is 3.66. The van der Waals surface area contributed by atoms with Crippen LogP contribution < -0.4 is 5.73 Å². The molecule has 90 valence electrons. The lowest BCUT2D eigenvalue weighted by Crippen LogP contribution is -1.99. The molecule has 0 aliphatic heterocycles. The summed E-state index contributed by atoms with van der Waals surface area (Å²) in [6.45, 7) is 0. The second kappa shape index (κ2) is 4.22. The summed E-state index contributed by atoms with van der Waals surface area (Å²) in [7, 11) is 0. The van der Waals surface area contributed by atoms with Crippen LogP contribution >= 0.6 is 27.5 Å². The molecule has 0 bridgehead atoms. The van der Waals surface area contributed by atoms with E-state index < -0.39 is 0 Å². The molecule has 0 saturated heterocycles. The second-order valence-corrected chi connectivity index (χ2v) is 4.98. The minimum absolute atomic E-state index is 0.291. The molecule has 0 radical (unpaired) electrons. The van der Waals surface area contributed by atoms with Crippen LogP contribution in [0.4, 0.5) is 5.82 Å². The molecule has 0 fully saturated rings. The third-order valence-corrected chi connectivity index (χ3v) is 3.19. The van der Waals surface area contributed by atoms with Gasteiger partial charge in [-0.05, 0) is 28.1 Å². The zero-order chi connectivity index (χ0) is 12.7. The highest BCUT2D eigenvalue weighted by Crippen LogP contribution is 2.24. The number of halogens is 2. The van der Waals surface area contributed by atoms with E-state index in [1.165, 1.54) is 0 Å². The van der Waals surface area contributed by atoms with Crippen LogP contribution in [0.5, 0.6) is 0 Å². The third kappa shape index (κ3) is 1.83. The molecular weight excluding hydrogens is 318 g/mol. The summed E-state index contributed by atoms with van der Waals surface area (Å²) < 4.78 is 2.47. The van der Waals surface area contributed by atoms with Crippen molar-refractivity contribution in [2.24, 2.45) is 0 Å². The van der Waals surface area contributed by atoms with E-state index in [0.29, 0.717) is 10.8 Å². The van der Waals surface area contributed by atoms with Gasteiger partial charge in [-0.25, -0.2) is 4.68 Å². The maximum Gasteiger partial charge on any atom is 0.164 e. The van der Waals surface area contributed by atoms with E-state index in [4.69, 9.17) is 17.3 Å². The Morgan fingerprint density at radius 3 is 2.89 bits per heavy atom. The summed E-state index contributed by atoms with van der Waals surface area (Å²) in [6.07, 6.45) is 5.05. The van der Waals surface area contributed by atoms with Crippen molar-refractivity contribution in [2.75, 3.05) is 5.73 Å². The lowest BCUT2D eigenvalue weighted by molar-refractivity contribution is 0.888. The smallest absolute Gasteiger partial charge is 0.164 e. The highest BCUT2D eigenvalue weighted by Gasteiger charge is 2.09. The molecule has 0 aromatic carbocycles. The van der Waals surface area contributed by atoms with E-state index in [9.17, 15) is 0 Å². The molecule has 0 aliphatic rings. The standard InChI is InChI=1S/C11H7BrClN5/c12-6-3-8-10(16-4-6)9(1-2-15-8)18-5-7(13)11(14)17-18/h1-5H,(H2,14,17). The van der Waals surface area contributed by atoms with Gasteiger partial charge in [0.25, 0.3) is 0 Å². The van der Waals surface area contributed by atoms with Gasteiger partial charge in [0.1, 0.15) is 10.5 Å². The van der Waals surface area contributed by atoms with Crippen molar-refractivity contribution in [3.05, 3.63) is 40.2 Å². The van der Waals surface area contributed by atoms with Gasteiger partial charge >= 0.3 is 0 Å². The molecule has 5 nitrogen and oxygen atoms in total. The molecule has 3 rings (SSSR count). The number of fused-ring (bicyclic) bond motifs is 1. The van der Waals surface area contributed by atoms with Gasteiger partial charge in [0.2, 0.25) is 0 Å². The predicted molar refractivity (Wildman–Crippen MR) is 73.8 cm³/mol. The summed E-state index contributed by atoms with van der Waals surface area (Å²) in [4.78, 5) is 8.60. The molecule has 0 spiro atoms. The summed E-state index contributed by atoms with van der Waals surface area (Å²) >= 11 is 9.27. The minimum Gasteiger partial charge on any atom is -0.381 e. The molecule has 3 heterocycles. The molecule has 3 aromatic rings. The largest absolute Gasteiger partial charge is 0.381 e. The van der Waals surface area contributed by atoms with Crippen LogP contribution in [0.1, 0.15) is 0 Å². The maximum atomic E-state index is 5.90. The minimum atomic E-state index is 0.291. The monoisotopic (exact) mass is 323 g/mol. The van der Waals surface area contributed by atoms with E-state index >= 15 is 0 Å². The first-order valence-electron chi connectivity index (χ1n) is 5.06. The lowest BCUT2D eigenvalue weighted by Gasteiger charge is -2.04. The Labute approximate surface area is 116 Å². The average Bonchev–Trinajstić information content (AvgIpc) is 2.68. The van der Waals surface area contributed by atoms with Gasteiger partial charge in [0, 0.05) is 16.9 Å². The first kappa shape index (κ1) is 11.4. The highest BCUT2D eigenvalue weighted by molar-refractivity contribution is 9.10. The van der Waals surface area contributed by atoms with Crippen molar-refractivity contribution >= 4 is 44.4 Å². The molecule has 0 aliphatic carbocycles. The van der Waals surface area contributed by atoms with E-state index in [0.717, 1.165) is 21.2 Å².